The van der Waals surface area contributed by atoms with Crippen LogP contribution in [0.3, 0.4) is 0 Å². The van der Waals surface area contributed by atoms with E-state index in [-0.39, 0.29) is 0 Å². The molecule has 2 N–H and O–H groups in total. The average molecular weight is 269 g/mol. The molecule has 0 bridgehead atoms. The van der Waals surface area contributed by atoms with Crippen LogP contribution in [0.5, 0.6) is 0 Å². The van der Waals surface area contributed by atoms with Crippen molar-refractivity contribution in [1.29, 1.82) is 0 Å². The minimum atomic E-state index is -0.521. The Kier molecular flexibility index (Phi) is 4.19. The van der Waals surface area contributed by atoms with E-state index in [0.717, 1.165) is 17.7 Å². The maximum absolute atomic E-state index is 6.06. The molecule has 1 heterocycles. The van der Waals surface area contributed by atoms with Crippen LogP contribution in [-0.2, 0) is 5.54 Å². The lowest BCUT2D eigenvalue weighted by molar-refractivity contribution is 0.514. The summed E-state index contributed by atoms with van der Waals surface area (Å²) in [6.45, 7) is 8.28. The maximum Gasteiger partial charge on any atom is 0.148 e. The first-order chi connectivity index (χ1) is 9.41. The van der Waals surface area contributed by atoms with Crippen LogP contribution in [0.2, 0.25) is 0 Å². The molecule has 2 aromatic rings. The normalized spacial score (nSPS) is 13.2. The summed E-state index contributed by atoms with van der Waals surface area (Å²) < 4.78 is 0. The van der Waals surface area contributed by atoms with Crippen molar-refractivity contribution in [2.75, 3.05) is 0 Å². The van der Waals surface area contributed by atoms with Crippen LogP contribution in [0.4, 0.5) is 0 Å². The molecule has 0 aliphatic carbocycles. The molecule has 1 atom stereocenters. The monoisotopic (exact) mass is 269 g/mol. The largest absolute Gasteiger partial charge is 0.319 e. The molecule has 0 spiro atoms. The van der Waals surface area contributed by atoms with Gasteiger partial charge in [0.15, 0.2) is 0 Å². The van der Waals surface area contributed by atoms with Crippen LogP contribution in [0.15, 0.2) is 36.5 Å². The second-order valence-electron chi connectivity index (χ2n) is 5.92. The van der Waals surface area contributed by atoms with Gasteiger partial charge >= 0.3 is 0 Å². The van der Waals surface area contributed by atoms with Gasteiger partial charge in [0, 0.05) is 11.8 Å². The van der Waals surface area contributed by atoms with Crippen molar-refractivity contribution in [2.24, 2.45) is 5.73 Å². The highest BCUT2D eigenvalue weighted by molar-refractivity contribution is 5.59. The zero-order valence-corrected chi connectivity index (χ0v) is 12.7. The predicted molar refractivity (Wildman–Crippen MR) is 83.4 cm³/mol. The Labute approximate surface area is 121 Å². The number of hydrogen-bond acceptors (Lipinski definition) is 3. The van der Waals surface area contributed by atoms with Crippen LogP contribution >= 0.6 is 0 Å². The number of nitrogens with zero attached hydrogens (tertiary/aromatic N) is 2. The van der Waals surface area contributed by atoms with Gasteiger partial charge in [-0.05, 0) is 37.8 Å². The number of nitrogens with two attached hydrogens (primary N) is 1. The van der Waals surface area contributed by atoms with Crippen LogP contribution in [0.25, 0.3) is 11.3 Å². The summed E-state index contributed by atoms with van der Waals surface area (Å²) in [5, 5.41) is 0. The van der Waals surface area contributed by atoms with Crippen molar-refractivity contribution < 1.29 is 0 Å². The van der Waals surface area contributed by atoms with Gasteiger partial charge in [0.1, 0.15) is 5.82 Å². The Bertz CT molecular complexity index is 568. The molecule has 0 aliphatic rings. The second kappa shape index (κ2) is 5.71. The van der Waals surface area contributed by atoms with E-state index in [2.05, 4.69) is 48.1 Å². The molecule has 0 saturated carbocycles. The number of rotatable bonds is 4. The molecule has 20 heavy (non-hydrogen) atoms. The fraction of sp³-hybridized carbons (Fsp3) is 0.412. The van der Waals surface area contributed by atoms with E-state index in [0.29, 0.717) is 11.7 Å². The standard InChI is InChI=1S/C17H23N3/c1-5-12(2)13-6-8-14(9-7-13)15-10-11-19-16(20-15)17(3,4)18/h6-12H,5,18H2,1-4H3. The molecular weight excluding hydrogens is 246 g/mol. The molecule has 0 radical (unpaired) electrons. The van der Waals surface area contributed by atoms with Gasteiger partial charge in [0.25, 0.3) is 0 Å². The molecule has 0 fully saturated rings. The summed E-state index contributed by atoms with van der Waals surface area (Å²) in [6.07, 6.45) is 2.92. The SMILES string of the molecule is CCC(C)c1ccc(-c2ccnc(C(C)(C)N)n2)cc1. The van der Waals surface area contributed by atoms with Crippen molar-refractivity contribution in [2.45, 2.75) is 45.6 Å². The Morgan fingerprint density at radius 1 is 1.15 bits per heavy atom. The second-order valence-corrected chi connectivity index (χ2v) is 5.92. The molecule has 3 nitrogen and oxygen atoms in total. The summed E-state index contributed by atoms with van der Waals surface area (Å²) in [5.41, 5.74) is 8.93. The summed E-state index contributed by atoms with van der Waals surface area (Å²) in [4.78, 5) is 8.83. The summed E-state index contributed by atoms with van der Waals surface area (Å²) in [6, 6.07) is 10.5. The van der Waals surface area contributed by atoms with Crippen LogP contribution < -0.4 is 5.73 Å². The predicted octanol–water partition coefficient (Wildman–Crippen LogP) is 3.85. The Balaban J connectivity index is 2.32. The fourth-order valence-electron chi connectivity index (χ4n) is 2.05. The molecule has 1 aromatic heterocycles. The van der Waals surface area contributed by atoms with E-state index in [9.17, 15) is 0 Å². The molecule has 1 unspecified atom stereocenters. The van der Waals surface area contributed by atoms with Crippen molar-refractivity contribution in [1.82, 2.24) is 9.97 Å². The lowest BCUT2D eigenvalue weighted by Crippen LogP contribution is -2.31. The lowest BCUT2D eigenvalue weighted by Gasteiger charge is -2.17. The van der Waals surface area contributed by atoms with Gasteiger partial charge in [-0.1, -0.05) is 38.1 Å². The van der Waals surface area contributed by atoms with Gasteiger partial charge in [-0.25, -0.2) is 9.97 Å². The zero-order valence-electron chi connectivity index (χ0n) is 12.7. The Morgan fingerprint density at radius 3 is 2.35 bits per heavy atom. The minimum absolute atomic E-state index is 0.521. The molecular formula is C17H23N3. The minimum Gasteiger partial charge on any atom is -0.319 e. The third kappa shape index (κ3) is 3.23. The first kappa shape index (κ1) is 14.7. The molecule has 106 valence electrons. The number of aromatic nitrogens is 2. The highest BCUT2D eigenvalue weighted by atomic mass is 14.9. The van der Waals surface area contributed by atoms with Crippen molar-refractivity contribution in [3.8, 4) is 11.3 Å². The Morgan fingerprint density at radius 2 is 1.80 bits per heavy atom. The van der Waals surface area contributed by atoms with Gasteiger partial charge in [0.05, 0.1) is 11.2 Å². The third-order valence-electron chi connectivity index (χ3n) is 3.62. The van der Waals surface area contributed by atoms with Crippen LogP contribution in [-0.4, -0.2) is 9.97 Å². The first-order valence-electron chi connectivity index (χ1n) is 7.14. The number of benzene rings is 1. The third-order valence-corrected chi connectivity index (χ3v) is 3.62. The maximum atomic E-state index is 6.06. The van der Waals surface area contributed by atoms with Gasteiger partial charge in [0.2, 0.25) is 0 Å². The van der Waals surface area contributed by atoms with E-state index in [1.807, 2.05) is 19.9 Å². The van der Waals surface area contributed by atoms with Gasteiger partial charge < -0.3 is 5.73 Å². The van der Waals surface area contributed by atoms with Crippen molar-refractivity contribution >= 4 is 0 Å². The van der Waals surface area contributed by atoms with Crippen LogP contribution in [0, 0.1) is 0 Å². The summed E-state index contributed by atoms with van der Waals surface area (Å²) >= 11 is 0. The van der Waals surface area contributed by atoms with E-state index in [1.54, 1.807) is 6.20 Å². The van der Waals surface area contributed by atoms with Crippen molar-refractivity contribution in [3.63, 3.8) is 0 Å². The van der Waals surface area contributed by atoms with Gasteiger partial charge in [-0.15, -0.1) is 0 Å². The first-order valence-corrected chi connectivity index (χ1v) is 7.14. The molecule has 2 rings (SSSR count). The van der Waals surface area contributed by atoms with Crippen LogP contribution in [0.1, 0.15) is 51.4 Å². The smallest absolute Gasteiger partial charge is 0.148 e. The quantitative estimate of drug-likeness (QED) is 0.917. The highest BCUT2D eigenvalue weighted by Gasteiger charge is 2.18. The highest BCUT2D eigenvalue weighted by Crippen LogP contribution is 2.24. The molecule has 0 saturated heterocycles. The van der Waals surface area contributed by atoms with E-state index in [1.165, 1.54) is 5.56 Å². The van der Waals surface area contributed by atoms with Gasteiger partial charge in [-0.3, -0.25) is 0 Å². The molecule has 0 amide bonds. The molecule has 3 heteroatoms. The van der Waals surface area contributed by atoms with Gasteiger partial charge in [-0.2, -0.15) is 0 Å². The lowest BCUT2D eigenvalue weighted by atomic mass is 9.97. The van der Waals surface area contributed by atoms with E-state index in [4.69, 9.17) is 5.73 Å². The van der Waals surface area contributed by atoms with E-state index < -0.39 is 5.54 Å². The van der Waals surface area contributed by atoms with E-state index >= 15 is 0 Å². The Hall–Kier alpha value is -1.74. The zero-order chi connectivity index (χ0) is 14.8. The average Bonchev–Trinajstić information content (AvgIpc) is 2.46. The summed E-state index contributed by atoms with van der Waals surface area (Å²) in [7, 11) is 0. The topological polar surface area (TPSA) is 51.8 Å². The number of hydrogen-bond donors (Lipinski definition) is 1. The summed E-state index contributed by atoms with van der Waals surface area (Å²) in [5.74, 6) is 1.26. The van der Waals surface area contributed by atoms with Crippen molar-refractivity contribution in [3.05, 3.63) is 47.9 Å². The fourth-order valence-corrected chi connectivity index (χ4v) is 2.05. The molecule has 0 aliphatic heterocycles. The molecule has 1 aromatic carbocycles.